The molecular formula is C14H17BrN2O2S. The van der Waals surface area contributed by atoms with Gasteiger partial charge in [0.15, 0.2) is 5.11 Å². The van der Waals surface area contributed by atoms with Crippen LogP contribution in [0.15, 0.2) is 22.7 Å². The Morgan fingerprint density at radius 1 is 1.45 bits per heavy atom. The van der Waals surface area contributed by atoms with Gasteiger partial charge in [0, 0.05) is 17.6 Å². The predicted octanol–water partition coefficient (Wildman–Crippen LogP) is 2.96. The van der Waals surface area contributed by atoms with Crippen molar-refractivity contribution < 1.29 is 9.53 Å². The van der Waals surface area contributed by atoms with E-state index in [9.17, 15) is 4.79 Å². The van der Waals surface area contributed by atoms with Gasteiger partial charge in [-0.1, -0.05) is 15.9 Å². The van der Waals surface area contributed by atoms with E-state index < -0.39 is 0 Å². The van der Waals surface area contributed by atoms with Gasteiger partial charge >= 0.3 is 0 Å². The van der Waals surface area contributed by atoms with Crippen LogP contribution in [0.5, 0.6) is 5.75 Å². The lowest BCUT2D eigenvalue weighted by atomic mass is 10.2. The number of hydrogen-bond acceptors (Lipinski definition) is 3. The van der Waals surface area contributed by atoms with Crippen LogP contribution in [0.4, 0.5) is 0 Å². The van der Waals surface area contributed by atoms with Crippen LogP contribution >= 0.6 is 28.1 Å². The van der Waals surface area contributed by atoms with E-state index in [-0.39, 0.29) is 5.91 Å². The number of likely N-dealkylation sites (tertiary alicyclic amines) is 1. The van der Waals surface area contributed by atoms with Crippen LogP contribution < -0.4 is 10.1 Å². The van der Waals surface area contributed by atoms with Gasteiger partial charge in [-0.2, -0.15) is 0 Å². The molecule has 1 aliphatic heterocycles. The van der Waals surface area contributed by atoms with Crippen LogP contribution in [-0.4, -0.2) is 35.6 Å². The highest BCUT2D eigenvalue weighted by atomic mass is 79.9. The molecule has 1 heterocycles. The highest BCUT2D eigenvalue weighted by molar-refractivity contribution is 9.10. The second-order valence-corrected chi connectivity index (χ2v) is 5.83. The summed E-state index contributed by atoms with van der Waals surface area (Å²) in [7, 11) is 0. The maximum Gasteiger partial charge on any atom is 0.261 e. The van der Waals surface area contributed by atoms with Gasteiger partial charge in [0.05, 0.1) is 12.2 Å². The summed E-state index contributed by atoms with van der Waals surface area (Å²) in [5.74, 6) is 0.337. The number of carbonyl (C=O) groups excluding carboxylic acids is 1. The summed E-state index contributed by atoms with van der Waals surface area (Å²) in [5, 5.41) is 3.28. The summed E-state index contributed by atoms with van der Waals surface area (Å²) in [5.41, 5.74) is 0.489. The molecule has 1 aromatic rings. The summed E-state index contributed by atoms with van der Waals surface area (Å²) in [6.07, 6.45) is 2.24. The highest BCUT2D eigenvalue weighted by Gasteiger charge is 2.19. The summed E-state index contributed by atoms with van der Waals surface area (Å²) in [4.78, 5) is 14.4. The van der Waals surface area contributed by atoms with Crippen LogP contribution in [-0.2, 0) is 0 Å². The van der Waals surface area contributed by atoms with Gasteiger partial charge in [-0.05, 0) is 50.2 Å². The van der Waals surface area contributed by atoms with Gasteiger partial charge in [0.2, 0.25) is 0 Å². The number of thiocarbonyl (C=S) groups is 1. The Labute approximate surface area is 132 Å². The van der Waals surface area contributed by atoms with E-state index in [1.54, 1.807) is 12.1 Å². The predicted molar refractivity (Wildman–Crippen MR) is 86.2 cm³/mol. The zero-order valence-electron chi connectivity index (χ0n) is 11.3. The Morgan fingerprint density at radius 3 is 2.80 bits per heavy atom. The third-order valence-corrected chi connectivity index (χ3v) is 3.95. The molecule has 0 spiro atoms. The van der Waals surface area contributed by atoms with E-state index in [0.717, 1.165) is 30.4 Å². The second-order valence-electron chi connectivity index (χ2n) is 4.53. The average Bonchev–Trinajstić information content (AvgIpc) is 2.95. The molecule has 0 unspecified atom stereocenters. The first-order chi connectivity index (χ1) is 9.61. The van der Waals surface area contributed by atoms with Gasteiger partial charge in [-0.25, -0.2) is 0 Å². The molecule has 0 aliphatic carbocycles. The van der Waals surface area contributed by atoms with Gasteiger partial charge in [0.1, 0.15) is 5.75 Å². The Hall–Kier alpha value is -1.14. The number of ether oxygens (including phenoxy) is 1. The molecule has 1 aromatic carbocycles. The first-order valence-corrected chi connectivity index (χ1v) is 7.84. The summed E-state index contributed by atoms with van der Waals surface area (Å²) in [6, 6.07) is 5.37. The molecule has 4 nitrogen and oxygen atoms in total. The number of nitrogens with one attached hydrogen (secondary N) is 1. The maximum absolute atomic E-state index is 12.3. The molecular weight excluding hydrogens is 340 g/mol. The standard InChI is InChI=1S/C14H17BrN2O2S/c1-2-19-12-6-5-10(15)9-11(12)13(18)16-14(20)17-7-3-4-8-17/h5-6,9H,2-4,7-8H2,1H3,(H,16,18,20). The van der Waals surface area contributed by atoms with Crippen molar-refractivity contribution in [1.29, 1.82) is 0 Å². The van der Waals surface area contributed by atoms with Crippen LogP contribution in [0.25, 0.3) is 0 Å². The first-order valence-electron chi connectivity index (χ1n) is 6.64. The molecule has 0 saturated carbocycles. The number of halogens is 1. The van der Waals surface area contributed by atoms with Crippen LogP contribution in [0.2, 0.25) is 0 Å². The molecule has 1 aliphatic rings. The lowest BCUT2D eigenvalue weighted by Crippen LogP contribution is -2.41. The zero-order chi connectivity index (χ0) is 14.5. The van der Waals surface area contributed by atoms with E-state index in [1.165, 1.54) is 0 Å². The van der Waals surface area contributed by atoms with E-state index in [2.05, 4.69) is 21.2 Å². The molecule has 1 N–H and O–H groups in total. The summed E-state index contributed by atoms with van der Waals surface area (Å²) in [6.45, 7) is 4.23. The highest BCUT2D eigenvalue weighted by Crippen LogP contribution is 2.23. The van der Waals surface area contributed by atoms with E-state index in [4.69, 9.17) is 17.0 Å². The molecule has 0 atom stereocenters. The van der Waals surface area contributed by atoms with Gasteiger partial charge in [-0.3, -0.25) is 10.1 Å². The smallest absolute Gasteiger partial charge is 0.261 e. The maximum atomic E-state index is 12.3. The van der Waals surface area contributed by atoms with Crippen LogP contribution in [0, 0.1) is 0 Å². The first kappa shape index (κ1) is 15.3. The van der Waals surface area contributed by atoms with Crippen molar-refractivity contribution in [3.63, 3.8) is 0 Å². The minimum absolute atomic E-state index is 0.230. The fourth-order valence-electron chi connectivity index (χ4n) is 2.12. The third kappa shape index (κ3) is 3.70. The van der Waals surface area contributed by atoms with Crippen molar-refractivity contribution in [2.45, 2.75) is 19.8 Å². The quantitative estimate of drug-likeness (QED) is 0.845. The largest absolute Gasteiger partial charge is 0.493 e. The Bertz CT molecular complexity index is 516. The summed E-state index contributed by atoms with van der Waals surface area (Å²) < 4.78 is 6.31. The van der Waals surface area contributed by atoms with Crippen molar-refractivity contribution in [2.24, 2.45) is 0 Å². The second kappa shape index (κ2) is 7.04. The van der Waals surface area contributed by atoms with Crippen molar-refractivity contribution in [3.05, 3.63) is 28.2 Å². The van der Waals surface area contributed by atoms with Gasteiger partial charge in [-0.15, -0.1) is 0 Å². The number of hydrogen-bond donors (Lipinski definition) is 1. The molecule has 1 saturated heterocycles. The molecule has 108 valence electrons. The van der Waals surface area contributed by atoms with E-state index in [1.807, 2.05) is 17.9 Å². The number of carbonyl (C=O) groups is 1. The molecule has 20 heavy (non-hydrogen) atoms. The Morgan fingerprint density at radius 2 is 2.15 bits per heavy atom. The third-order valence-electron chi connectivity index (χ3n) is 3.10. The molecule has 1 amide bonds. The summed E-state index contributed by atoms with van der Waals surface area (Å²) >= 11 is 8.64. The topological polar surface area (TPSA) is 41.6 Å². The minimum Gasteiger partial charge on any atom is -0.493 e. The Kier molecular flexibility index (Phi) is 5.37. The molecule has 0 bridgehead atoms. The number of amides is 1. The van der Waals surface area contributed by atoms with Crippen molar-refractivity contribution in [1.82, 2.24) is 10.2 Å². The number of rotatable bonds is 3. The lowest BCUT2D eigenvalue weighted by Gasteiger charge is -2.19. The monoisotopic (exact) mass is 356 g/mol. The van der Waals surface area contributed by atoms with Crippen LogP contribution in [0.3, 0.4) is 0 Å². The lowest BCUT2D eigenvalue weighted by molar-refractivity contribution is 0.0970. The van der Waals surface area contributed by atoms with E-state index >= 15 is 0 Å². The number of nitrogens with zero attached hydrogens (tertiary/aromatic N) is 1. The molecule has 0 aromatic heterocycles. The van der Waals surface area contributed by atoms with Gasteiger partial charge < -0.3 is 9.64 Å². The number of benzene rings is 1. The van der Waals surface area contributed by atoms with Crippen LogP contribution in [0.1, 0.15) is 30.1 Å². The van der Waals surface area contributed by atoms with Crippen molar-refractivity contribution >= 4 is 39.2 Å². The SMILES string of the molecule is CCOc1ccc(Br)cc1C(=O)NC(=S)N1CCCC1. The molecule has 1 fully saturated rings. The fraction of sp³-hybridized carbons (Fsp3) is 0.429. The molecule has 6 heteroatoms. The zero-order valence-corrected chi connectivity index (χ0v) is 13.7. The molecule has 0 radical (unpaired) electrons. The van der Waals surface area contributed by atoms with Crippen molar-refractivity contribution in [2.75, 3.05) is 19.7 Å². The van der Waals surface area contributed by atoms with Gasteiger partial charge in [0.25, 0.3) is 5.91 Å². The molecule has 2 rings (SSSR count). The minimum atomic E-state index is -0.230. The average molecular weight is 357 g/mol. The Balaban J connectivity index is 2.11. The normalized spacial score (nSPS) is 14.2. The van der Waals surface area contributed by atoms with Crippen molar-refractivity contribution in [3.8, 4) is 5.75 Å². The van der Waals surface area contributed by atoms with E-state index in [0.29, 0.717) is 23.0 Å². The fourth-order valence-corrected chi connectivity index (χ4v) is 2.76.